The highest BCUT2D eigenvalue weighted by molar-refractivity contribution is 5.91. The van der Waals surface area contributed by atoms with E-state index < -0.39 is 5.54 Å². The van der Waals surface area contributed by atoms with Crippen LogP contribution in [0.25, 0.3) is 0 Å². The van der Waals surface area contributed by atoms with Crippen LogP contribution in [0.15, 0.2) is 23.2 Å². The van der Waals surface area contributed by atoms with Crippen molar-refractivity contribution in [3.63, 3.8) is 0 Å². The van der Waals surface area contributed by atoms with Crippen molar-refractivity contribution in [3.8, 4) is 11.5 Å². The number of nitrogens with two attached hydrogens (primary N) is 1. The number of unbranched alkanes of at least 4 members (excludes halogenated alkanes) is 3. The number of carbonyl (C=O) groups is 2. The van der Waals surface area contributed by atoms with Gasteiger partial charge in [-0.25, -0.2) is 0 Å². The van der Waals surface area contributed by atoms with E-state index >= 15 is 0 Å². The van der Waals surface area contributed by atoms with Crippen molar-refractivity contribution in [2.24, 2.45) is 16.6 Å². The molecule has 1 atom stereocenters. The smallest absolute Gasteiger partial charge is 0.231 e. The van der Waals surface area contributed by atoms with E-state index in [9.17, 15) is 9.59 Å². The summed E-state index contributed by atoms with van der Waals surface area (Å²) in [7, 11) is 1.98. The first kappa shape index (κ1) is 33.6. The van der Waals surface area contributed by atoms with Gasteiger partial charge in [0.1, 0.15) is 11.8 Å². The van der Waals surface area contributed by atoms with Gasteiger partial charge in [0, 0.05) is 11.5 Å². The molecule has 1 heterocycles. The topological polar surface area (TPSA) is 103 Å². The molecule has 7 nitrogen and oxygen atoms in total. The number of aldehydes is 1. The van der Waals surface area contributed by atoms with Crippen molar-refractivity contribution in [3.05, 3.63) is 23.8 Å². The van der Waals surface area contributed by atoms with Gasteiger partial charge in [-0.3, -0.25) is 14.6 Å². The minimum atomic E-state index is -0.570. The van der Waals surface area contributed by atoms with E-state index in [4.69, 9.17) is 20.2 Å². The summed E-state index contributed by atoms with van der Waals surface area (Å²) in [6.45, 7) is 13.7. The molecular weight excluding hydrogens is 454 g/mol. The SMILES string of the molecule is CCCCC(CCCC)(N=C(N)C(C)CC)C(C)=O.CCCCNC.O=Cc1ccc2c(c1)OCO2. The van der Waals surface area contributed by atoms with Crippen LogP contribution in [0.2, 0.25) is 0 Å². The van der Waals surface area contributed by atoms with Gasteiger partial charge in [-0.05, 0) is 64.4 Å². The van der Waals surface area contributed by atoms with Gasteiger partial charge in [-0.15, -0.1) is 0 Å². The van der Waals surface area contributed by atoms with Crippen LogP contribution in [-0.4, -0.2) is 43.8 Å². The molecule has 0 spiro atoms. The number of ketones is 1. The van der Waals surface area contributed by atoms with E-state index in [0.717, 1.165) is 57.8 Å². The van der Waals surface area contributed by atoms with Gasteiger partial charge in [-0.2, -0.15) is 0 Å². The van der Waals surface area contributed by atoms with E-state index in [1.807, 2.05) is 7.05 Å². The van der Waals surface area contributed by atoms with Crippen LogP contribution in [0.4, 0.5) is 0 Å². The zero-order chi connectivity index (χ0) is 27.4. The molecule has 0 fully saturated rings. The number of amidine groups is 1. The largest absolute Gasteiger partial charge is 0.454 e. The molecule has 1 unspecified atom stereocenters. The predicted octanol–water partition coefficient (Wildman–Crippen LogP) is 6.33. The summed E-state index contributed by atoms with van der Waals surface area (Å²) in [5.41, 5.74) is 6.13. The summed E-state index contributed by atoms with van der Waals surface area (Å²) in [5, 5.41) is 3.07. The Hall–Kier alpha value is -2.41. The third kappa shape index (κ3) is 12.5. The molecule has 0 saturated heterocycles. The summed E-state index contributed by atoms with van der Waals surface area (Å²) in [6.07, 6.45) is 10.2. The van der Waals surface area contributed by atoms with Crippen LogP contribution in [0.3, 0.4) is 0 Å². The second-order valence-electron chi connectivity index (χ2n) is 9.33. The standard InChI is InChI=1S/C16H32N2O.C8H6O3.C5H13N/c1-6-9-11-16(14(5)19,12-10-7-2)18-15(17)13(4)8-3;9-4-6-1-2-7-8(3-6)11-5-10-7;1-3-4-5-6-2/h13H,6-12H2,1-5H3,(H2,17,18);1-4H,5H2;6H,3-5H2,1-2H3. The second kappa shape index (κ2) is 19.7. The van der Waals surface area contributed by atoms with Gasteiger partial charge >= 0.3 is 0 Å². The number of nitrogens with zero attached hydrogens (tertiary/aromatic N) is 1. The second-order valence-corrected chi connectivity index (χ2v) is 9.33. The molecule has 1 aromatic carbocycles. The third-order valence-corrected chi connectivity index (χ3v) is 6.32. The number of aliphatic imine (C=N–C) groups is 1. The zero-order valence-electron chi connectivity index (χ0n) is 23.8. The van der Waals surface area contributed by atoms with E-state index in [-0.39, 0.29) is 18.5 Å². The van der Waals surface area contributed by atoms with Crippen LogP contribution in [-0.2, 0) is 4.79 Å². The van der Waals surface area contributed by atoms with Gasteiger partial charge < -0.3 is 20.5 Å². The maximum atomic E-state index is 12.2. The lowest BCUT2D eigenvalue weighted by Crippen LogP contribution is -2.39. The number of rotatable bonds is 14. The maximum absolute atomic E-state index is 12.2. The Morgan fingerprint density at radius 2 is 1.67 bits per heavy atom. The highest BCUT2D eigenvalue weighted by atomic mass is 16.7. The van der Waals surface area contributed by atoms with Crippen molar-refractivity contribution >= 4 is 17.9 Å². The van der Waals surface area contributed by atoms with E-state index in [1.54, 1.807) is 25.1 Å². The molecule has 7 heteroatoms. The number of ether oxygens (including phenoxy) is 2. The molecule has 2 rings (SSSR count). The number of carbonyl (C=O) groups excluding carboxylic acids is 2. The monoisotopic (exact) mass is 505 g/mol. The molecule has 0 saturated carbocycles. The van der Waals surface area contributed by atoms with Crippen molar-refractivity contribution in [2.45, 2.75) is 105 Å². The Bertz CT molecular complexity index is 768. The normalized spacial score (nSPS) is 13.1. The van der Waals surface area contributed by atoms with Crippen molar-refractivity contribution in [1.29, 1.82) is 0 Å². The van der Waals surface area contributed by atoms with Gasteiger partial charge in [-0.1, -0.05) is 66.7 Å². The number of hydrogen-bond acceptors (Lipinski definition) is 6. The lowest BCUT2D eigenvalue weighted by Gasteiger charge is -2.29. The summed E-state index contributed by atoms with van der Waals surface area (Å²) in [5.74, 6) is 2.41. The maximum Gasteiger partial charge on any atom is 0.231 e. The first-order valence-corrected chi connectivity index (χ1v) is 13.6. The molecule has 0 radical (unpaired) electrons. The Kier molecular flexibility index (Phi) is 18.4. The van der Waals surface area contributed by atoms with Crippen LogP contribution in [0.5, 0.6) is 11.5 Å². The highest BCUT2D eigenvalue weighted by Gasteiger charge is 2.34. The molecular formula is C29H51N3O4. The fourth-order valence-corrected chi connectivity index (χ4v) is 3.51. The van der Waals surface area contributed by atoms with Crippen molar-refractivity contribution in [1.82, 2.24) is 5.32 Å². The van der Waals surface area contributed by atoms with Gasteiger partial charge in [0.2, 0.25) is 6.79 Å². The van der Waals surface area contributed by atoms with Crippen LogP contribution >= 0.6 is 0 Å². The lowest BCUT2D eigenvalue weighted by atomic mass is 9.84. The number of fused-ring (bicyclic) bond motifs is 1. The Labute approximate surface area is 219 Å². The quantitative estimate of drug-likeness (QED) is 0.132. The first-order valence-electron chi connectivity index (χ1n) is 13.6. The summed E-state index contributed by atoms with van der Waals surface area (Å²) >= 11 is 0. The minimum Gasteiger partial charge on any atom is -0.454 e. The first-order chi connectivity index (χ1) is 17.2. The molecule has 0 bridgehead atoms. The van der Waals surface area contributed by atoms with Crippen LogP contribution in [0, 0.1) is 5.92 Å². The molecule has 0 aromatic heterocycles. The Morgan fingerprint density at radius 3 is 2.11 bits per heavy atom. The Morgan fingerprint density at radius 1 is 1.08 bits per heavy atom. The average molecular weight is 506 g/mol. The lowest BCUT2D eigenvalue weighted by molar-refractivity contribution is -0.122. The molecule has 0 amide bonds. The van der Waals surface area contributed by atoms with E-state index in [1.165, 1.54) is 12.8 Å². The van der Waals surface area contributed by atoms with Crippen LogP contribution < -0.4 is 20.5 Å². The predicted molar refractivity (Wildman–Crippen MR) is 150 cm³/mol. The molecule has 3 N–H and O–H groups in total. The summed E-state index contributed by atoms with van der Waals surface area (Å²) in [6, 6.07) is 5.09. The van der Waals surface area contributed by atoms with Crippen molar-refractivity contribution < 1.29 is 19.1 Å². The fraction of sp³-hybridized carbons (Fsp3) is 0.690. The van der Waals surface area contributed by atoms with Gasteiger partial charge in [0.15, 0.2) is 17.3 Å². The summed E-state index contributed by atoms with van der Waals surface area (Å²) in [4.78, 5) is 27.2. The zero-order valence-corrected chi connectivity index (χ0v) is 23.8. The fourth-order valence-electron chi connectivity index (χ4n) is 3.51. The number of nitrogens with one attached hydrogen (secondary N) is 1. The molecule has 36 heavy (non-hydrogen) atoms. The van der Waals surface area contributed by atoms with Gasteiger partial charge in [0.25, 0.3) is 0 Å². The molecule has 1 aliphatic rings. The molecule has 0 aliphatic carbocycles. The average Bonchev–Trinajstić information content (AvgIpc) is 3.37. The summed E-state index contributed by atoms with van der Waals surface area (Å²) < 4.78 is 10.1. The third-order valence-electron chi connectivity index (χ3n) is 6.32. The van der Waals surface area contributed by atoms with E-state index in [0.29, 0.717) is 22.9 Å². The highest BCUT2D eigenvalue weighted by Crippen LogP contribution is 2.32. The molecule has 1 aromatic rings. The Balaban J connectivity index is 0.000000597. The molecule has 206 valence electrons. The van der Waals surface area contributed by atoms with Crippen molar-refractivity contribution in [2.75, 3.05) is 20.4 Å². The minimum absolute atomic E-state index is 0.167. The number of hydrogen-bond donors (Lipinski definition) is 2. The van der Waals surface area contributed by atoms with Gasteiger partial charge in [0.05, 0.1) is 5.84 Å². The number of benzene rings is 1. The van der Waals surface area contributed by atoms with Crippen LogP contribution in [0.1, 0.15) is 110 Å². The van der Waals surface area contributed by atoms with E-state index in [2.05, 4.69) is 39.9 Å². The molecule has 1 aliphatic heterocycles. The number of Topliss-reactive ketones (excluding diaryl/α,β-unsaturated/α-hetero) is 1.